The van der Waals surface area contributed by atoms with Gasteiger partial charge >= 0.3 is 0 Å². The first-order valence-electron chi connectivity index (χ1n) is 3.70. The van der Waals surface area contributed by atoms with Crippen molar-refractivity contribution in [3.8, 4) is 0 Å². The third-order valence-corrected chi connectivity index (χ3v) is 1.91. The van der Waals surface area contributed by atoms with Crippen LogP contribution in [0.3, 0.4) is 0 Å². The normalized spacial score (nSPS) is 10.8. The van der Waals surface area contributed by atoms with Gasteiger partial charge in [0.1, 0.15) is 5.82 Å². The molecule has 0 radical (unpaired) electrons. The third kappa shape index (κ3) is 1.75. The predicted molar refractivity (Wildman–Crippen MR) is 44.3 cm³/mol. The van der Waals surface area contributed by atoms with Crippen molar-refractivity contribution < 1.29 is 13.9 Å². The number of hydrogen-bond acceptors (Lipinski definition) is 3. The number of hydrogen-bond donors (Lipinski definition) is 2. The van der Waals surface area contributed by atoms with Crippen molar-refractivity contribution in [2.75, 3.05) is 5.73 Å². The van der Waals surface area contributed by atoms with E-state index in [4.69, 9.17) is 10.8 Å². The lowest BCUT2D eigenvalue weighted by molar-refractivity contribution is 0.150. The second kappa shape index (κ2) is 3.66. The molecule has 0 aliphatic carbocycles. The molecular weight excluding hydrogens is 178 g/mol. The zero-order valence-corrected chi connectivity index (χ0v) is 7.09. The predicted octanol–water partition coefficient (Wildman–Crippen LogP) is 1.40. The Kier molecular flexibility index (Phi) is 2.77. The molecule has 0 aromatic carbocycles. The van der Waals surface area contributed by atoms with Gasteiger partial charge in [-0.15, -0.1) is 0 Å². The fourth-order valence-corrected chi connectivity index (χ4v) is 1.11. The summed E-state index contributed by atoms with van der Waals surface area (Å²) in [5.74, 6) is -0.176. The maximum atomic E-state index is 12.4. The van der Waals surface area contributed by atoms with Crippen LogP contribution in [0.4, 0.5) is 14.6 Å². The number of aliphatic hydroxyl groups excluding tert-OH is 1. The van der Waals surface area contributed by atoms with E-state index in [0.29, 0.717) is 11.1 Å². The van der Waals surface area contributed by atoms with Gasteiger partial charge in [-0.1, -0.05) is 0 Å². The largest absolute Gasteiger partial charge is 0.392 e. The molecule has 0 atom stereocenters. The highest BCUT2D eigenvalue weighted by atomic mass is 19.3. The van der Waals surface area contributed by atoms with Crippen molar-refractivity contribution in [3.05, 3.63) is 22.9 Å². The first-order chi connectivity index (χ1) is 6.07. The number of anilines is 1. The molecule has 0 aliphatic heterocycles. The molecule has 72 valence electrons. The number of alkyl halides is 2. The molecule has 0 aliphatic rings. The van der Waals surface area contributed by atoms with Gasteiger partial charge in [-0.2, -0.15) is 0 Å². The number of pyridine rings is 1. The lowest BCUT2D eigenvalue weighted by Crippen LogP contribution is -2.04. The average molecular weight is 188 g/mol. The van der Waals surface area contributed by atoms with Gasteiger partial charge in [0.15, 0.2) is 0 Å². The van der Waals surface area contributed by atoms with Crippen molar-refractivity contribution in [2.24, 2.45) is 0 Å². The molecule has 13 heavy (non-hydrogen) atoms. The minimum Gasteiger partial charge on any atom is -0.392 e. The number of aromatic nitrogens is 1. The maximum absolute atomic E-state index is 12.4. The van der Waals surface area contributed by atoms with E-state index in [9.17, 15) is 8.78 Å². The van der Waals surface area contributed by atoms with Gasteiger partial charge in [-0.25, -0.2) is 13.8 Å². The van der Waals surface area contributed by atoms with Crippen LogP contribution in [-0.2, 0) is 6.61 Å². The Morgan fingerprint density at radius 1 is 1.62 bits per heavy atom. The zero-order valence-electron chi connectivity index (χ0n) is 7.09. The lowest BCUT2D eigenvalue weighted by Gasteiger charge is -2.10. The van der Waals surface area contributed by atoms with E-state index < -0.39 is 6.43 Å². The summed E-state index contributed by atoms with van der Waals surface area (Å²) < 4.78 is 24.8. The van der Waals surface area contributed by atoms with Gasteiger partial charge in [-0.05, 0) is 18.1 Å². The highest BCUT2D eigenvalue weighted by Gasteiger charge is 2.17. The zero-order chi connectivity index (χ0) is 10.0. The molecule has 0 saturated carbocycles. The van der Waals surface area contributed by atoms with Gasteiger partial charge in [-0.3, -0.25) is 0 Å². The molecule has 0 spiro atoms. The molecule has 1 heterocycles. The molecule has 1 rings (SSSR count). The van der Waals surface area contributed by atoms with Gasteiger partial charge < -0.3 is 10.8 Å². The quantitative estimate of drug-likeness (QED) is 0.737. The number of nitrogen functional groups attached to an aromatic ring is 1. The Hall–Kier alpha value is -1.23. The number of halogens is 2. The van der Waals surface area contributed by atoms with Gasteiger partial charge in [0.2, 0.25) is 0 Å². The van der Waals surface area contributed by atoms with Crippen LogP contribution in [0.2, 0.25) is 0 Å². The minimum atomic E-state index is -2.65. The second-order valence-electron chi connectivity index (χ2n) is 2.67. The first kappa shape index (κ1) is 9.85. The molecule has 3 N–H and O–H groups in total. The Morgan fingerprint density at radius 2 is 2.23 bits per heavy atom. The smallest absolute Gasteiger partial charge is 0.267 e. The standard InChI is InChI=1S/C8H10F2N2O/c1-4-5(3-13)2-12-8(11)6(4)7(9)10/h2,7,13H,3H2,1H3,(H2,11,12). The van der Waals surface area contributed by atoms with Crippen LogP contribution in [0.25, 0.3) is 0 Å². The second-order valence-corrected chi connectivity index (χ2v) is 2.67. The Bertz CT molecular complexity index is 315. The molecule has 3 nitrogen and oxygen atoms in total. The van der Waals surface area contributed by atoms with Crippen molar-refractivity contribution in [1.29, 1.82) is 0 Å². The highest BCUT2D eigenvalue weighted by molar-refractivity contribution is 5.47. The summed E-state index contributed by atoms with van der Waals surface area (Å²) >= 11 is 0. The third-order valence-electron chi connectivity index (χ3n) is 1.91. The van der Waals surface area contributed by atoms with E-state index in [-0.39, 0.29) is 18.0 Å². The van der Waals surface area contributed by atoms with Crippen LogP contribution < -0.4 is 5.73 Å². The molecule has 0 fully saturated rings. The molecule has 0 amide bonds. The summed E-state index contributed by atoms with van der Waals surface area (Å²) in [6.07, 6.45) is -1.35. The lowest BCUT2D eigenvalue weighted by atomic mass is 10.1. The van der Waals surface area contributed by atoms with Crippen LogP contribution in [0.5, 0.6) is 0 Å². The van der Waals surface area contributed by atoms with Crippen LogP contribution in [-0.4, -0.2) is 10.1 Å². The van der Waals surface area contributed by atoms with E-state index >= 15 is 0 Å². The topological polar surface area (TPSA) is 59.1 Å². The van der Waals surface area contributed by atoms with E-state index in [0.717, 1.165) is 0 Å². The number of nitrogens with two attached hydrogens (primary N) is 1. The molecule has 5 heteroatoms. The van der Waals surface area contributed by atoms with Crippen molar-refractivity contribution in [1.82, 2.24) is 4.98 Å². The maximum Gasteiger partial charge on any atom is 0.267 e. The minimum absolute atomic E-state index is 0.176. The highest BCUT2D eigenvalue weighted by Crippen LogP contribution is 2.28. The number of nitrogens with zero attached hydrogens (tertiary/aromatic N) is 1. The number of aliphatic hydroxyl groups is 1. The molecule has 0 unspecified atom stereocenters. The number of rotatable bonds is 2. The van der Waals surface area contributed by atoms with Crippen molar-refractivity contribution in [2.45, 2.75) is 20.0 Å². The summed E-state index contributed by atoms with van der Waals surface area (Å²) in [6.45, 7) is 1.18. The molecule has 1 aromatic heterocycles. The summed E-state index contributed by atoms with van der Waals surface area (Å²) in [5, 5.41) is 8.79. The molecule has 1 aromatic rings. The summed E-state index contributed by atoms with van der Waals surface area (Å²) in [4.78, 5) is 3.57. The van der Waals surface area contributed by atoms with E-state index in [1.807, 2.05) is 0 Å². The van der Waals surface area contributed by atoms with Gasteiger partial charge in [0.05, 0.1) is 12.2 Å². The van der Waals surface area contributed by atoms with E-state index in [1.54, 1.807) is 0 Å². The van der Waals surface area contributed by atoms with Crippen LogP contribution in [0, 0.1) is 6.92 Å². The van der Waals surface area contributed by atoms with E-state index in [1.165, 1.54) is 13.1 Å². The van der Waals surface area contributed by atoms with Gasteiger partial charge in [0.25, 0.3) is 6.43 Å². The Morgan fingerprint density at radius 3 is 2.69 bits per heavy atom. The van der Waals surface area contributed by atoms with Crippen molar-refractivity contribution in [3.63, 3.8) is 0 Å². The Balaban J connectivity index is 3.30. The molecule has 0 bridgehead atoms. The SMILES string of the molecule is Cc1c(CO)cnc(N)c1C(F)F. The van der Waals surface area contributed by atoms with Crippen LogP contribution in [0.1, 0.15) is 23.1 Å². The molecule has 0 saturated heterocycles. The van der Waals surface area contributed by atoms with Crippen LogP contribution >= 0.6 is 0 Å². The Labute approximate surface area is 74.2 Å². The monoisotopic (exact) mass is 188 g/mol. The van der Waals surface area contributed by atoms with Crippen LogP contribution in [0.15, 0.2) is 6.20 Å². The summed E-state index contributed by atoms with van der Waals surface area (Å²) in [7, 11) is 0. The van der Waals surface area contributed by atoms with Crippen molar-refractivity contribution >= 4 is 5.82 Å². The fourth-order valence-electron chi connectivity index (χ4n) is 1.11. The van der Waals surface area contributed by atoms with E-state index in [2.05, 4.69) is 4.98 Å². The fraction of sp³-hybridized carbons (Fsp3) is 0.375. The summed E-state index contributed by atoms with van der Waals surface area (Å²) in [6, 6.07) is 0. The molecular formula is C8H10F2N2O. The summed E-state index contributed by atoms with van der Waals surface area (Å²) in [5.41, 5.74) is 5.68. The average Bonchev–Trinajstić information content (AvgIpc) is 2.04. The first-order valence-corrected chi connectivity index (χ1v) is 3.70. The van der Waals surface area contributed by atoms with Gasteiger partial charge in [0, 0.05) is 6.20 Å².